The van der Waals surface area contributed by atoms with Gasteiger partial charge in [0.15, 0.2) is 17.3 Å². The Hall–Kier alpha value is -2.76. The number of aromatic nitrogens is 2. The molecule has 0 aliphatic carbocycles. The first kappa shape index (κ1) is 15.6. The molecule has 2 aromatic rings. The van der Waals surface area contributed by atoms with Crippen molar-refractivity contribution < 1.29 is 9.59 Å². The second-order valence-corrected chi connectivity index (χ2v) is 5.19. The van der Waals surface area contributed by atoms with Crippen molar-refractivity contribution in [2.45, 2.75) is 26.8 Å². The van der Waals surface area contributed by atoms with Crippen LogP contribution in [-0.2, 0) is 0 Å². The quantitative estimate of drug-likeness (QED) is 0.829. The minimum Gasteiger partial charge on any atom is -0.348 e. The van der Waals surface area contributed by atoms with E-state index in [1.165, 1.54) is 6.92 Å². The lowest BCUT2D eigenvalue weighted by molar-refractivity contribution is 0.0936. The predicted molar refractivity (Wildman–Crippen MR) is 84.4 cm³/mol. The van der Waals surface area contributed by atoms with E-state index in [-0.39, 0.29) is 23.4 Å². The fourth-order valence-electron chi connectivity index (χ4n) is 1.82. The Morgan fingerprint density at radius 3 is 2.45 bits per heavy atom. The molecular formula is C16H18N4O2. The van der Waals surface area contributed by atoms with Crippen LogP contribution in [0, 0.1) is 0 Å². The monoisotopic (exact) mass is 298 g/mol. The van der Waals surface area contributed by atoms with Gasteiger partial charge in [0.05, 0.1) is 0 Å². The average molecular weight is 298 g/mol. The molecule has 1 aromatic heterocycles. The second kappa shape index (κ2) is 6.80. The molecule has 0 fully saturated rings. The van der Waals surface area contributed by atoms with Crippen LogP contribution in [0.25, 0.3) is 0 Å². The molecule has 0 saturated heterocycles. The molecule has 1 amide bonds. The van der Waals surface area contributed by atoms with Gasteiger partial charge in [-0.3, -0.25) is 9.59 Å². The Kier molecular flexibility index (Phi) is 4.83. The lowest BCUT2D eigenvalue weighted by Gasteiger charge is -2.08. The highest BCUT2D eigenvalue weighted by Crippen LogP contribution is 2.16. The van der Waals surface area contributed by atoms with Crippen LogP contribution in [0.2, 0.25) is 0 Å². The number of ketones is 1. The average Bonchev–Trinajstić information content (AvgIpc) is 2.47. The van der Waals surface area contributed by atoms with Gasteiger partial charge in [-0.2, -0.15) is 0 Å². The molecule has 22 heavy (non-hydrogen) atoms. The summed E-state index contributed by atoms with van der Waals surface area (Å²) in [6, 6.07) is 10.4. The van der Waals surface area contributed by atoms with Gasteiger partial charge in [0.25, 0.3) is 5.91 Å². The number of Topliss-reactive ketones (excluding diaryl/α,β-unsaturated/α-hetero) is 1. The molecule has 2 N–H and O–H groups in total. The topological polar surface area (TPSA) is 84.0 Å². The molecule has 0 spiro atoms. The van der Waals surface area contributed by atoms with Crippen molar-refractivity contribution in [3.8, 4) is 0 Å². The number of carbonyl (C=O) groups is 2. The largest absolute Gasteiger partial charge is 0.348 e. The molecule has 6 nitrogen and oxygen atoms in total. The van der Waals surface area contributed by atoms with E-state index in [0.717, 1.165) is 5.69 Å². The summed E-state index contributed by atoms with van der Waals surface area (Å²) in [7, 11) is 0. The van der Waals surface area contributed by atoms with Crippen LogP contribution in [0.5, 0.6) is 0 Å². The summed E-state index contributed by atoms with van der Waals surface area (Å²) in [5, 5.41) is 13.7. The third kappa shape index (κ3) is 4.12. The third-order valence-electron chi connectivity index (χ3n) is 2.86. The van der Waals surface area contributed by atoms with Crippen LogP contribution in [0.1, 0.15) is 41.6 Å². The highest BCUT2D eigenvalue weighted by atomic mass is 16.2. The zero-order valence-electron chi connectivity index (χ0n) is 12.8. The lowest BCUT2D eigenvalue weighted by Crippen LogP contribution is -2.30. The zero-order valence-corrected chi connectivity index (χ0v) is 12.8. The standard InChI is InChI=1S/C16H18N4O2/c1-10(2)17-16(22)14-7-8-15(20-19-14)18-13-6-4-5-12(9-13)11(3)21/h4-10H,1-3H3,(H,17,22)(H,18,20). The van der Waals surface area contributed by atoms with Gasteiger partial charge in [-0.25, -0.2) is 0 Å². The van der Waals surface area contributed by atoms with E-state index in [9.17, 15) is 9.59 Å². The fraction of sp³-hybridized carbons (Fsp3) is 0.250. The van der Waals surface area contributed by atoms with Gasteiger partial charge in [0, 0.05) is 17.3 Å². The maximum atomic E-state index is 11.8. The molecule has 0 atom stereocenters. The Labute approximate surface area is 129 Å². The molecule has 1 aromatic carbocycles. The van der Waals surface area contributed by atoms with Crippen molar-refractivity contribution in [2.24, 2.45) is 0 Å². The summed E-state index contributed by atoms with van der Waals surface area (Å²) in [5.41, 5.74) is 1.61. The zero-order chi connectivity index (χ0) is 16.1. The van der Waals surface area contributed by atoms with E-state index in [1.54, 1.807) is 30.3 Å². The summed E-state index contributed by atoms with van der Waals surface area (Å²) >= 11 is 0. The second-order valence-electron chi connectivity index (χ2n) is 5.19. The van der Waals surface area contributed by atoms with Crippen molar-refractivity contribution in [1.29, 1.82) is 0 Å². The van der Waals surface area contributed by atoms with Crippen LogP contribution in [-0.4, -0.2) is 27.9 Å². The van der Waals surface area contributed by atoms with Crippen LogP contribution in [0.15, 0.2) is 36.4 Å². The maximum Gasteiger partial charge on any atom is 0.271 e. The molecule has 0 saturated carbocycles. The Balaban J connectivity index is 2.10. The molecule has 0 unspecified atom stereocenters. The number of carbonyl (C=O) groups excluding carboxylic acids is 2. The molecule has 0 aliphatic rings. The molecule has 2 rings (SSSR count). The van der Waals surface area contributed by atoms with Crippen molar-refractivity contribution in [3.63, 3.8) is 0 Å². The van der Waals surface area contributed by atoms with Crippen molar-refractivity contribution in [1.82, 2.24) is 15.5 Å². The summed E-state index contributed by atoms with van der Waals surface area (Å²) in [6.07, 6.45) is 0. The van der Waals surface area contributed by atoms with Crippen molar-refractivity contribution >= 4 is 23.2 Å². The van der Waals surface area contributed by atoms with Gasteiger partial charge in [-0.05, 0) is 45.0 Å². The van der Waals surface area contributed by atoms with Crippen LogP contribution < -0.4 is 10.6 Å². The highest BCUT2D eigenvalue weighted by Gasteiger charge is 2.09. The minimum atomic E-state index is -0.257. The van der Waals surface area contributed by atoms with E-state index in [1.807, 2.05) is 19.9 Å². The van der Waals surface area contributed by atoms with Crippen LogP contribution in [0.4, 0.5) is 11.5 Å². The Morgan fingerprint density at radius 2 is 1.86 bits per heavy atom. The predicted octanol–water partition coefficient (Wildman–Crippen LogP) is 2.56. The van der Waals surface area contributed by atoms with Gasteiger partial charge in [-0.1, -0.05) is 12.1 Å². The van der Waals surface area contributed by atoms with E-state index in [0.29, 0.717) is 11.4 Å². The van der Waals surface area contributed by atoms with Crippen LogP contribution >= 0.6 is 0 Å². The van der Waals surface area contributed by atoms with Gasteiger partial charge in [0.1, 0.15) is 0 Å². The molecule has 0 radical (unpaired) electrons. The summed E-state index contributed by atoms with van der Waals surface area (Å²) in [4.78, 5) is 23.1. The summed E-state index contributed by atoms with van der Waals surface area (Å²) < 4.78 is 0. The number of rotatable bonds is 5. The van der Waals surface area contributed by atoms with Crippen LogP contribution in [0.3, 0.4) is 0 Å². The maximum absolute atomic E-state index is 11.8. The van der Waals surface area contributed by atoms with Gasteiger partial charge in [-0.15, -0.1) is 10.2 Å². The first-order valence-corrected chi connectivity index (χ1v) is 6.98. The van der Waals surface area contributed by atoms with Gasteiger partial charge < -0.3 is 10.6 Å². The number of amides is 1. The Morgan fingerprint density at radius 1 is 1.09 bits per heavy atom. The summed E-state index contributed by atoms with van der Waals surface area (Å²) in [6.45, 7) is 5.27. The Bertz CT molecular complexity index is 681. The van der Waals surface area contributed by atoms with Gasteiger partial charge >= 0.3 is 0 Å². The highest BCUT2D eigenvalue weighted by molar-refractivity contribution is 5.95. The number of hydrogen-bond donors (Lipinski definition) is 2. The minimum absolute atomic E-state index is 0.00422. The number of nitrogens with one attached hydrogen (secondary N) is 2. The molecular weight excluding hydrogens is 280 g/mol. The van der Waals surface area contributed by atoms with E-state index >= 15 is 0 Å². The van der Waals surface area contributed by atoms with Gasteiger partial charge in [0.2, 0.25) is 0 Å². The van der Waals surface area contributed by atoms with E-state index in [2.05, 4.69) is 20.8 Å². The van der Waals surface area contributed by atoms with Crippen molar-refractivity contribution in [3.05, 3.63) is 47.7 Å². The van der Waals surface area contributed by atoms with E-state index in [4.69, 9.17) is 0 Å². The first-order chi connectivity index (χ1) is 10.5. The molecule has 114 valence electrons. The van der Waals surface area contributed by atoms with Crippen molar-refractivity contribution in [2.75, 3.05) is 5.32 Å². The summed E-state index contributed by atoms with van der Waals surface area (Å²) in [5.74, 6) is 0.241. The lowest BCUT2D eigenvalue weighted by atomic mass is 10.1. The van der Waals surface area contributed by atoms with E-state index < -0.39 is 0 Å². The SMILES string of the molecule is CC(=O)c1cccc(Nc2ccc(C(=O)NC(C)C)nn2)c1. The molecule has 0 aliphatic heterocycles. The normalized spacial score (nSPS) is 10.4. The third-order valence-corrected chi connectivity index (χ3v) is 2.86. The number of nitrogens with zero attached hydrogens (tertiary/aromatic N) is 2. The molecule has 6 heteroatoms. The molecule has 1 heterocycles. The molecule has 0 bridgehead atoms. The smallest absolute Gasteiger partial charge is 0.271 e. The number of anilines is 2. The number of benzene rings is 1. The number of hydrogen-bond acceptors (Lipinski definition) is 5. The fourth-order valence-corrected chi connectivity index (χ4v) is 1.82. The first-order valence-electron chi connectivity index (χ1n) is 6.98.